The van der Waals surface area contributed by atoms with Crippen molar-refractivity contribution in [1.29, 1.82) is 0 Å². The molecule has 0 saturated heterocycles. The molecule has 0 radical (unpaired) electrons. The monoisotopic (exact) mass is 162 g/mol. The Balaban J connectivity index is 2.67. The summed E-state index contributed by atoms with van der Waals surface area (Å²) in [6, 6.07) is 1.99. The molecule has 2 rings (SSSR count). The molecule has 2 N–H and O–H groups in total. The summed E-state index contributed by atoms with van der Waals surface area (Å²) in [6.45, 7) is 2.41. The summed E-state index contributed by atoms with van der Waals surface area (Å²) in [5.74, 6) is 0.765. The van der Waals surface area contributed by atoms with Crippen LogP contribution in [0.1, 0.15) is 11.4 Å². The largest absolute Gasteiger partial charge is 0.326 e. The number of fused-ring (bicyclic) bond motifs is 1. The van der Waals surface area contributed by atoms with Crippen LogP contribution in [0.25, 0.3) is 5.52 Å². The molecule has 2 aromatic rings. The van der Waals surface area contributed by atoms with E-state index in [1.807, 2.05) is 19.2 Å². The number of aryl methyl sites for hydroxylation is 1. The lowest BCUT2D eigenvalue weighted by Gasteiger charge is -1.92. The molecule has 2 aromatic heterocycles. The summed E-state index contributed by atoms with van der Waals surface area (Å²) in [4.78, 5) is 4.08. The number of nitrogens with zero attached hydrogens (tertiary/aromatic N) is 3. The molecule has 62 valence electrons. The van der Waals surface area contributed by atoms with Crippen molar-refractivity contribution in [2.75, 3.05) is 0 Å². The quantitative estimate of drug-likeness (QED) is 0.664. The summed E-state index contributed by atoms with van der Waals surface area (Å²) in [5.41, 5.74) is 7.56. The maximum atomic E-state index is 5.49. The molecule has 0 saturated carbocycles. The van der Waals surface area contributed by atoms with Gasteiger partial charge in [0.1, 0.15) is 5.82 Å². The van der Waals surface area contributed by atoms with Gasteiger partial charge in [-0.25, -0.2) is 9.50 Å². The average Bonchev–Trinajstić information content (AvgIpc) is 2.46. The first-order valence-corrected chi connectivity index (χ1v) is 3.80. The third-order valence-corrected chi connectivity index (χ3v) is 1.76. The Labute approximate surface area is 70.0 Å². The third kappa shape index (κ3) is 1.06. The van der Waals surface area contributed by atoms with Crippen LogP contribution in [0.5, 0.6) is 0 Å². The molecule has 0 fully saturated rings. The van der Waals surface area contributed by atoms with E-state index in [2.05, 4.69) is 10.1 Å². The first kappa shape index (κ1) is 7.24. The number of hydrogen-bond donors (Lipinski definition) is 1. The number of rotatable bonds is 1. The Kier molecular flexibility index (Phi) is 1.55. The Morgan fingerprint density at radius 2 is 2.42 bits per heavy atom. The molecule has 2 heterocycles. The molecule has 4 nitrogen and oxygen atoms in total. The van der Waals surface area contributed by atoms with Crippen molar-refractivity contribution in [3.8, 4) is 0 Å². The Morgan fingerprint density at radius 3 is 3.17 bits per heavy atom. The van der Waals surface area contributed by atoms with Crippen molar-refractivity contribution < 1.29 is 0 Å². The van der Waals surface area contributed by atoms with Gasteiger partial charge in [-0.3, -0.25) is 0 Å². The van der Waals surface area contributed by atoms with Gasteiger partial charge in [0.05, 0.1) is 11.7 Å². The minimum Gasteiger partial charge on any atom is -0.326 e. The molecule has 4 heteroatoms. The second-order valence-corrected chi connectivity index (χ2v) is 2.73. The maximum absolute atomic E-state index is 5.49. The van der Waals surface area contributed by atoms with Crippen LogP contribution in [-0.4, -0.2) is 14.6 Å². The number of nitrogens with two attached hydrogens (primary N) is 1. The van der Waals surface area contributed by atoms with Crippen LogP contribution >= 0.6 is 0 Å². The van der Waals surface area contributed by atoms with E-state index in [9.17, 15) is 0 Å². The van der Waals surface area contributed by atoms with Gasteiger partial charge in [0.2, 0.25) is 0 Å². The maximum Gasteiger partial charge on any atom is 0.146 e. The fourth-order valence-electron chi connectivity index (χ4n) is 1.16. The van der Waals surface area contributed by atoms with Crippen LogP contribution in [0.4, 0.5) is 0 Å². The number of aromatic nitrogens is 3. The fourth-order valence-corrected chi connectivity index (χ4v) is 1.16. The van der Waals surface area contributed by atoms with Crippen molar-refractivity contribution in [3.05, 3.63) is 29.8 Å². The second kappa shape index (κ2) is 2.57. The molecular formula is C8H10N4. The van der Waals surface area contributed by atoms with E-state index in [4.69, 9.17) is 5.73 Å². The highest BCUT2D eigenvalue weighted by Gasteiger charge is 1.98. The molecule has 0 spiro atoms. The highest BCUT2D eigenvalue weighted by molar-refractivity contribution is 5.47. The highest BCUT2D eigenvalue weighted by Crippen LogP contribution is 2.06. The first-order valence-electron chi connectivity index (χ1n) is 3.80. The summed E-state index contributed by atoms with van der Waals surface area (Å²) in [7, 11) is 0. The van der Waals surface area contributed by atoms with Crippen molar-refractivity contribution in [2.45, 2.75) is 13.5 Å². The predicted molar refractivity (Wildman–Crippen MR) is 45.6 cm³/mol. The van der Waals surface area contributed by atoms with Gasteiger partial charge in [0, 0.05) is 12.7 Å². The average molecular weight is 162 g/mol. The SMILES string of the molecule is Cc1ncc2cc(CN)cn2n1. The summed E-state index contributed by atoms with van der Waals surface area (Å²) >= 11 is 0. The van der Waals surface area contributed by atoms with Crippen molar-refractivity contribution in [1.82, 2.24) is 14.6 Å². The lowest BCUT2D eigenvalue weighted by Crippen LogP contribution is -1.95. The lowest BCUT2D eigenvalue weighted by molar-refractivity contribution is 0.852. The van der Waals surface area contributed by atoms with Crippen molar-refractivity contribution in [2.24, 2.45) is 5.73 Å². The van der Waals surface area contributed by atoms with E-state index in [1.165, 1.54) is 0 Å². The van der Waals surface area contributed by atoms with Gasteiger partial charge in [0.25, 0.3) is 0 Å². The van der Waals surface area contributed by atoms with Crippen molar-refractivity contribution >= 4 is 5.52 Å². The lowest BCUT2D eigenvalue weighted by atomic mass is 10.3. The van der Waals surface area contributed by atoms with Crippen LogP contribution in [0, 0.1) is 6.92 Å². The Morgan fingerprint density at radius 1 is 1.58 bits per heavy atom. The van der Waals surface area contributed by atoms with Gasteiger partial charge in [0.15, 0.2) is 0 Å². The Bertz CT molecular complexity index is 404. The van der Waals surface area contributed by atoms with Crippen LogP contribution in [0.15, 0.2) is 18.5 Å². The number of hydrogen-bond acceptors (Lipinski definition) is 3. The topological polar surface area (TPSA) is 56.2 Å². The zero-order chi connectivity index (χ0) is 8.55. The van der Waals surface area contributed by atoms with Crippen molar-refractivity contribution in [3.63, 3.8) is 0 Å². The summed E-state index contributed by atoms with van der Waals surface area (Å²) in [5, 5.41) is 4.19. The molecule has 0 aliphatic carbocycles. The molecule has 0 bridgehead atoms. The highest BCUT2D eigenvalue weighted by atomic mass is 15.2. The van der Waals surface area contributed by atoms with E-state index in [0.29, 0.717) is 6.54 Å². The minimum atomic E-state index is 0.544. The van der Waals surface area contributed by atoms with Crippen LogP contribution in [-0.2, 0) is 6.54 Å². The van der Waals surface area contributed by atoms with Gasteiger partial charge in [-0.2, -0.15) is 5.10 Å². The van der Waals surface area contributed by atoms with Crippen LogP contribution in [0.2, 0.25) is 0 Å². The molecule has 0 aromatic carbocycles. The van der Waals surface area contributed by atoms with E-state index in [0.717, 1.165) is 16.9 Å². The smallest absolute Gasteiger partial charge is 0.146 e. The molecule has 0 amide bonds. The molecule has 0 aliphatic rings. The molecule has 0 aliphatic heterocycles. The normalized spacial score (nSPS) is 10.8. The molecule has 0 atom stereocenters. The van der Waals surface area contributed by atoms with E-state index in [-0.39, 0.29) is 0 Å². The summed E-state index contributed by atoms with van der Waals surface area (Å²) in [6.07, 6.45) is 3.71. The van der Waals surface area contributed by atoms with Crippen LogP contribution in [0.3, 0.4) is 0 Å². The second-order valence-electron chi connectivity index (χ2n) is 2.73. The van der Waals surface area contributed by atoms with Gasteiger partial charge < -0.3 is 5.73 Å². The van der Waals surface area contributed by atoms with Crippen LogP contribution < -0.4 is 5.73 Å². The van der Waals surface area contributed by atoms with E-state index >= 15 is 0 Å². The van der Waals surface area contributed by atoms with E-state index < -0.39 is 0 Å². The van der Waals surface area contributed by atoms with Gasteiger partial charge in [-0.05, 0) is 18.6 Å². The zero-order valence-electron chi connectivity index (χ0n) is 6.86. The standard InChI is InChI=1S/C8H10N4/c1-6-10-4-8-2-7(3-9)5-12(8)11-6/h2,4-5H,3,9H2,1H3. The zero-order valence-corrected chi connectivity index (χ0v) is 6.86. The van der Waals surface area contributed by atoms with Gasteiger partial charge >= 0.3 is 0 Å². The molecule has 12 heavy (non-hydrogen) atoms. The first-order chi connectivity index (χ1) is 5.79. The molecule has 0 unspecified atom stereocenters. The predicted octanol–water partition coefficient (Wildman–Crippen LogP) is 0.496. The Hall–Kier alpha value is -1.42. The third-order valence-electron chi connectivity index (χ3n) is 1.76. The van der Waals surface area contributed by atoms with Gasteiger partial charge in [-0.15, -0.1) is 0 Å². The fraction of sp³-hybridized carbons (Fsp3) is 0.250. The minimum absolute atomic E-state index is 0.544. The van der Waals surface area contributed by atoms with E-state index in [1.54, 1.807) is 10.7 Å². The van der Waals surface area contributed by atoms with Gasteiger partial charge in [-0.1, -0.05) is 0 Å². The molecular weight excluding hydrogens is 152 g/mol. The summed E-state index contributed by atoms with van der Waals surface area (Å²) < 4.78 is 1.80.